The third kappa shape index (κ3) is 7.31. The minimum atomic E-state index is -2.22. The summed E-state index contributed by atoms with van der Waals surface area (Å²) in [4.78, 5) is 56.4. The van der Waals surface area contributed by atoms with Crippen molar-refractivity contribution >= 4 is 40.5 Å². The van der Waals surface area contributed by atoms with Crippen LogP contribution in [0.2, 0.25) is 0 Å². The number of pyridine rings is 1. The van der Waals surface area contributed by atoms with Crippen LogP contribution < -0.4 is 10.6 Å². The summed E-state index contributed by atoms with van der Waals surface area (Å²) in [6.07, 6.45) is 0.275. The van der Waals surface area contributed by atoms with Crippen molar-refractivity contribution in [2.24, 2.45) is 0 Å². The number of carbonyl (C=O) groups excluding carboxylic acids is 4. The highest BCUT2D eigenvalue weighted by molar-refractivity contribution is 6.09. The van der Waals surface area contributed by atoms with Gasteiger partial charge in [-0.15, -0.1) is 0 Å². The summed E-state index contributed by atoms with van der Waals surface area (Å²) < 4.78 is 15.8. The quantitative estimate of drug-likeness (QED) is 0.234. The van der Waals surface area contributed by atoms with Gasteiger partial charge in [0.2, 0.25) is 5.54 Å². The third-order valence-corrected chi connectivity index (χ3v) is 5.53. The van der Waals surface area contributed by atoms with Gasteiger partial charge in [-0.3, -0.25) is 10.1 Å². The molecule has 1 aromatic heterocycles. The molecule has 0 saturated heterocycles. The number of hydrogen-bond acceptors (Lipinski definition) is 8. The Kier molecular flexibility index (Phi) is 9.24. The molecule has 10 nitrogen and oxygen atoms in total. The summed E-state index contributed by atoms with van der Waals surface area (Å²) in [6, 6.07) is 15.6. The Hall–Kier alpha value is -4.47. The number of anilines is 1. The average molecular weight is 536 g/mol. The highest BCUT2D eigenvalue weighted by atomic mass is 16.6. The molecule has 3 rings (SSSR count). The number of esters is 2. The Morgan fingerprint density at radius 1 is 0.872 bits per heavy atom. The second-order valence-electron chi connectivity index (χ2n) is 9.69. The number of carbonyl (C=O) groups is 4. The fraction of sp³-hybridized carbons (Fsp3) is 0.345. The zero-order valence-electron chi connectivity index (χ0n) is 22.7. The van der Waals surface area contributed by atoms with E-state index in [0.29, 0.717) is 22.3 Å². The number of alkyl carbamates (subject to hydrolysis) is 1. The summed E-state index contributed by atoms with van der Waals surface area (Å²) in [7, 11) is 0. The fourth-order valence-corrected chi connectivity index (χ4v) is 3.86. The van der Waals surface area contributed by atoms with E-state index in [-0.39, 0.29) is 25.5 Å². The van der Waals surface area contributed by atoms with Crippen molar-refractivity contribution in [2.45, 2.75) is 52.2 Å². The van der Waals surface area contributed by atoms with Gasteiger partial charge in [-0.05, 0) is 69.8 Å². The maximum Gasteiger partial charge on any atom is 0.409 e. The molecule has 0 atom stereocenters. The van der Waals surface area contributed by atoms with Gasteiger partial charge in [0.25, 0.3) is 5.91 Å². The van der Waals surface area contributed by atoms with Crippen LogP contribution in [0.1, 0.15) is 50.5 Å². The zero-order valence-corrected chi connectivity index (χ0v) is 22.7. The SMILES string of the molecule is CCOC(=O)C(Cc1ccc2ccnc(NC(=O)c3ccccc3)c2c1)(NC(=O)OC(C)(C)C)C(=O)OCC. The molecule has 0 fully saturated rings. The van der Waals surface area contributed by atoms with Crippen molar-refractivity contribution in [1.82, 2.24) is 10.3 Å². The molecule has 2 N–H and O–H groups in total. The molecule has 1 heterocycles. The molecule has 0 aliphatic heterocycles. The van der Waals surface area contributed by atoms with Crippen LogP contribution in [-0.2, 0) is 30.2 Å². The number of ether oxygens (including phenoxy) is 3. The second kappa shape index (κ2) is 12.4. The van der Waals surface area contributed by atoms with Crippen LogP contribution in [-0.4, -0.2) is 53.3 Å². The van der Waals surface area contributed by atoms with Gasteiger partial charge in [0, 0.05) is 23.6 Å². The van der Waals surface area contributed by atoms with E-state index in [1.165, 1.54) is 0 Å². The van der Waals surface area contributed by atoms with Crippen LogP contribution >= 0.6 is 0 Å². The summed E-state index contributed by atoms with van der Waals surface area (Å²) in [5.74, 6) is -2.03. The molecule has 0 bridgehead atoms. The van der Waals surface area contributed by atoms with Crippen LogP contribution in [0, 0.1) is 0 Å². The minimum absolute atomic E-state index is 0.0344. The lowest BCUT2D eigenvalue weighted by molar-refractivity contribution is -0.166. The van der Waals surface area contributed by atoms with Crippen molar-refractivity contribution < 1.29 is 33.4 Å². The molecule has 0 unspecified atom stereocenters. The maximum absolute atomic E-state index is 13.3. The lowest BCUT2D eigenvalue weighted by Gasteiger charge is -2.31. The molecule has 0 aliphatic rings. The predicted octanol–water partition coefficient (Wildman–Crippen LogP) is 4.42. The van der Waals surface area contributed by atoms with E-state index in [4.69, 9.17) is 14.2 Å². The molecule has 10 heteroatoms. The molecule has 0 radical (unpaired) electrons. The van der Waals surface area contributed by atoms with E-state index >= 15 is 0 Å². The first-order valence-corrected chi connectivity index (χ1v) is 12.6. The Bertz CT molecular complexity index is 1330. The summed E-state index contributed by atoms with van der Waals surface area (Å²) in [6.45, 7) is 8.08. The maximum atomic E-state index is 13.3. The molecular formula is C29H33N3O7. The first-order valence-electron chi connectivity index (χ1n) is 12.6. The van der Waals surface area contributed by atoms with Crippen molar-refractivity contribution in [1.29, 1.82) is 0 Å². The fourth-order valence-electron chi connectivity index (χ4n) is 3.86. The second-order valence-corrected chi connectivity index (χ2v) is 9.69. The molecule has 0 spiro atoms. The van der Waals surface area contributed by atoms with Gasteiger partial charge in [0.1, 0.15) is 11.4 Å². The van der Waals surface area contributed by atoms with Crippen molar-refractivity contribution in [3.05, 3.63) is 71.9 Å². The van der Waals surface area contributed by atoms with E-state index < -0.39 is 29.2 Å². The van der Waals surface area contributed by atoms with Gasteiger partial charge in [0.05, 0.1) is 13.2 Å². The van der Waals surface area contributed by atoms with E-state index in [1.807, 2.05) is 6.07 Å². The number of aromatic nitrogens is 1. The molecule has 2 aromatic carbocycles. The van der Waals surface area contributed by atoms with Crippen LogP contribution in [0.5, 0.6) is 0 Å². The van der Waals surface area contributed by atoms with Crippen molar-refractivity contribution in [3.8, 4) is 0 Å². The van der Waals surface area contributed by atoms with Gasteiger partial charge in [0.15, 0.2) is 0 Å². The Morgan fingerprint density at radius 2 is 1.51 bits per heavy atom. The number of hydrogen-bond donors (Lipinski definition) is 2. The average Bonchev–Trinajstić information content (AvgIpc) is 2.88. The summed E-state index contributed by atoms with van der Waals surface area (Å²) in [5.41, 5.74) is -2.18. The minimum Gasteiger partial charge on any atom is -0.464 e. The smallest absolute Gasteiger partial charge is 0.409 e. The highest BCUT2D eigenvalue weighted by Gasteiger charge is 2.51. The van der Waals surface area contributed by atoms with Gasteiger partial charge in [-0.25, -0.2) is 19.4 Å². The van der Waals surface area contributed by atoms with Gasteiger partial charge >= 0.3 is 18.0 Å². The molecule has 3 aromatic rings. The van der Waals surface area contributed by atoms with Gasteiger partial charge in [-0.1, -0.05) is 30.3 Å². The molecule has 2 amide bonds. The number of rotatable bonds is 9. The molecular weight excluding hydrogens is 502 g/mol. The number of nitrogens with one attached hydrogen (secondary N) is 2. The standard InChI is InChI=1S/C29H33N3O7/c1-6-37-25(34)29(26(35)38-7-2,32-27(36)39-28(3,4)5)18-19-13-14-20-15-16-30-23(22(20)17-19)31-24(33)21-11-9-8-10-12-21/h8-17H,6-7,18H2,1-5H3,(H,32,36)(H,30,31,33). The van der Waals surface area contributed by atoms with Gasteiger partial charge in [-0.2, -0.15) is 0 Å². The number of amides is 2. The molecule has 39 heavy (non-hydrogen) atoms. The van der Waals surface area contributed by atoms with E-state index in [0.717, 1.165) is 5.39 Å². The topological polar surface area (TPSA) is 133 Å². The zero-order chi connectivity index (χ0) is 28.6. The molecule has 0 saturated carbocycles. The van der Waals surface area contributed by atoms with Crippen molar-refractivity contribution in [2.75, 3.05) is 18.5 Å². The van der Waals surface area contributed by atoms with Crippen molar-refractivity contribution in [3.63, 3.8) is 0 Å². The first-order chi connectivity index (χ1) is 18.5. The normalized spacial score (nSPS) is 11.4. The number of nitrogens with zero attached hydrogens (tertiary/aromatic N) is 1. The summed E-state index contributed by atoms with van der Waals surface area (Å²) in [5, 5.41) is 6.56. The van der Waals surface area contributed by atoms with Crippen LogP contribution in [0.25, 0.3) is 10.8 Å². The predicted molar refractivity (Wildman–Crippen MR) is 145 cm³/mol. The highest BCUT2D eigenvalue weighted by Crippen LogP contribution is 2.27. The van der Waals surface area contributed by atoms with Crippen LogP contribution in [0.3, 0.4) is 0 Å². The Balaban J connectivity index is 2.05. The van der Waals surface area contributed by atoms with Crippen LogP contribution in [0.4, 0.5) is 10.6 Å². The lowest BCUT2D eigenvalue weighted by Crippen LogP contribution is -2.63. The summed E-state index contributed by atoms with van der Waals surface area (Å²) >= 11 is 0. The van der Waals surface area contributed by atoms with E-state index in [2.05, 4.69) is 15.6 Å². The third-order valence-electron chi connectivity index (χ3n) is 5.53. The van der Waals surface area contributed by atoms with Gasteiger partial charge < -0.3 is 19.5 Å². The van der Waals surface area contributed by atoms with E-state index in [9.17, 15) is 19.2 Å². The number of fused-ring (bicyclic) bond motifs is 1. The number of benzene rings is 2. The largest absolute Gasteiger partial charge is 0.464 e. The Labute approximate surface area is 227 Å². The molecule has 0 aliphatic carbocycles. The van der Waals surface area contributed by atoms with E-state index in [1.54, 1.807) is 89.3 Å². The lowest BCUT2D eigenvalue weighted by atomic mass is 9.89. The van der Waals surface area contributed by atoms with Crippen LogP contribution in [0.15, 0.2) is 60.8 Å². The molecule has 206 valence electrons. The monoisotopic (exact) mass is 535 g/mol. The first kappa shape index (κ1) is 29.1. The Morgan fingerprint density at radius 3 is 2.10 bits per heavy atom.